The molecule has 0 aromatic carbocycles. The van der Waals surface area contributed by atoms with E-state index in [0.29, 0.717) is 58.7 Å². The number of piperidine rings is 1. The Balaban J connectivity index is -0.0000000507. The van der Waals surface area contributed by atoms with E-state index in [1.54, 1.807) is 74.1 Å². The second-order valence-corrected chi connectivity index (χ2v) is 26.9. The molecule has 4 aromatic heterocycles. The van der Waals surface area contributed by atoms with E-state index in [0.717, 1.165) is 45.3 Å². The maximum absolute atomic E-state index is 11.6. The second kappa shape index (κ2) is 149. The molecule has 1 radical (unpaired) electrons. The molecule has 134 heavy (non-hydrogen) atoms. The third kappa shape index (κ3) is 159. The Labute approximate surface area is 877 Å². The molecule has 5 aliphatic heterocycles. The molecule has 0 spiro atoms. The topological polar surface area (TPSA) is 216 Å². The van der Waals surface area contributed by atoms with E-state index in [1.165, 1.54) is 16.7 Å². The minimum absolute atomic E-state index is 0. The van der Waals surface area contributed by atoms with Gasteiger partial charge in [0.2, 0.25) is 0 Å². The van der Waals surface area contributed by atoms with E-state index >= 15 is 0 Å². The number of carbonyl (C=O) groups is 6. The predicted molar refractivity (Wildman–Crippen MR) is 590 cm³/mol. The number of Topliss-reactive ketones (excluding diaryl/α,β-unsaturated/α-hetero) is 1. The zero-order valence-electron chi connectivity index (χ0n) is 99.2. The standard InChI is InChI=1S/3C11H19NO2.C10H17NO3.C10H16NO2.4C5H5N.19C2H6.CH3.W.Y/c3*1-9-5-7-12(8-6-9)10(13)14-11(2,3)4;1-10(2,3)14-9(13)11-6-4-8(12)5-7-11;1-10(2,3)13-9(12)11-7-5-4-6-8-11;4*1-2-4-6-5-3-1;19*1-2;;;/h3*5H,6-8H2,1-4H3;4-7H2,1-3H3;5H,6-8H2,1-3H3;4*1-5H;19*1-2H3;1H3;;/q;;;;-1;;;;;;;;;;;;;;;;;;;;;;;;-1;;. The van der Waals surface area contributed by atoms with Crippen molar-refractivity contribution in [2.75, 3.05) is 65.4 Å². The van der Waals surface area contributed by atoms with Crippen molar-refractivity contribution in [2.45, 2.75) is 454 Å². The third-order valence-electron chi connectivity index (χ3n) is 12.1. The number of pyridine rings is 4. The molecule has 0 bridgehead atoms. The first-order valence-electron chi connectivity index (χ1n) is 50.9. The number of hydrogen-bond acceptors (Lipinski definition) is 15. The zero-order valence-corrected chi connectivity index (χ0v) is 105. The summed E-state index contributed by atoms with van der Waals surface area (Å²) in [5.74, 6) is 0.227. The van der Waals surface area contributed by atoms with Gasteiger partial charge in [-0.15, -0.1) is 0 Å². The Hall–Kier alpha value is -6.63. The van der Waals surface area contributed by atoms with Crippen LogP contribution in [-0.2, 0) is 82.3 Å². The molecule has 0 aliphatic carbocycles. The van der Waals surface area contributed by atoms with Gasteiger partial charge in [-0.25, -0.2) is 24.0 Å². The number of carbonyl (C=O) groups excluding carboxylic acids is 6. The van der Waals surface area contributed by atoms with Crippen LogP contribution < -0.4 is 0 Å². The first kappa shape index (κ1) is 183. The van der Waals surface area contributed by atoms with Crippen LogP contribution in [0.3, 0.4) is 0 Å². The maximum Gasteiger partial charge on any atom is 0.410 e. The monoisotopic (exact) mass is 2150 g/mol. The Kier molecular flexibility index (Phi) is 204. The van der Waals surface area contributed by atoms with Gasteiger partial charge < -0.3 is 61.7 Å². The summed E-state index contributed by atoms with van der Waals surface area (Å²) in [5, 5.41) is 0. The minimum atomic E-state index is -0.460. The van der Waals surface area contributed by atoms with E-state index in [4.69, 9.17) is 23.7 Å². The number of ketones is 1. The van der Waals surface area contributed by atoms with Gasteiger partial charge >= 0.3 is 30.5 Å². The van der Waals surface area contributed by atoms with Crippen molar-refractivity contribution in [3.63, 3.8) is 0 Å². The number of hydrogen-bond donors (Lipinski definition) is 0. The zero-order chi connectivity index (χ0) is 108. The fourth-order valence-corrected chi connectivity index (χ4v) is 7.36. The Morgan fingerprint density at radius 1 is 0.261 bits per heavy atom. The van der Waals surface area contributed by atoms with Crippen LogP contribution in [0.1, 0.15) is 426 Å². The second-order valence-electron chi connectivity index (χ2n) is 26.9. The van der Waals surface area contributed by atoms with Crippen molar-refractivity contribution in [3.05, 3.63) is 177 Å². The van der Waals surface area contributed by atoms with Crippen molar-refractivity contribution in [2.24, 2.45) is 0 Å². The van der Waals surface area contributed by atoms with Crippen molar-refractivity contribution in [1.29, 1.82) is 0 Å². The van der Waals surface area contributed by atoms with Gasteiger partial charge in [0.1, 0.15) is 33.8 Å². The predicted octanol–water partition coefficient (Wildman–Crippen LogP) is 35.6. The molecule has 22 heteroatoms. The molecular formula is C112H227N9O11WY-2. The number of rotatable bonds is 0. The SMILES string of the molecule is CC.CC.CC.CC.CC.CC.CC.CC.CC.CC.CC.CC.CC.CC.CC.CC.CC.CC.CC.CC(C)(C)OC(=O)N1CC=[C-]CC1.CC(C)(C)OC(=O)N1CCC(=O)CC1.CC1=CCN(C(=O)OC(C)(C)C)CC1.CC1=CCN(C(=O)OC(C)(C)C)CC1.CC1=CCN(C(=O)OC(C)(C)C)CC1.[CH3-].[W].[Y].c1ccncc1.c1ccncc1.c1ccncc1.c1ccncc1. The average molecular weight is 2150 g/mol. The fourth-order valence-electron chi connectivity index (χ4n) is 7.36. The summed E-state index contributed by atoms with van der Waals surface area (Å²) in [6, 6.07) is 22.9. The van der Waals surface area contributed by atoms with Gasteiger partial charge in [0.25, 0.3) is 0 Å². The molecule has 0 unspecified atom stereocenters. The molecule has 0 atom stereocenters. The molecule has 4 aromatic rings. The normalized spacial score (nSPS) is 11.4. The summed E-state index contributed by atoms with van der Waals surface area (Å²) in [6.45, 7) is 117. The Bertz CT molecular complexity index is 2500. The van der Waals surface area contributed by atoms with Gasteiger partial charge in [-0.2, -0.15) is 6.42 Å². The minimum Gasteiger partial charge on any atom is -0.497 e. The summed E-state index contributed by atoms with van der Waals surface area (Å²) in [5.41, 5.74) is 2.01. The molecule has 9 heterocycles. The van der Waals surface area contributed by atoms with E-state index in [2.05, 4.69) is 65.0 Å². The number of ether oxygens (including phenoxy) is 5. The number of aromatic nitrogens is 4. The van der Waals surface area contributed by atoms with Crippen LogP contribution in [0.2, 0.25) is 0 Å². The molecule has 9 rings (SSSR count). The van der Waals surface area contributed by atoms with Crippen molar-refractivity contribution < 1.29 is 106 Å². The Morgan fingerprint density at radius 2 is 0.418 bits per heavy atom. The molecule has 797 valence electrons. The summed E-state index contributed by atoms with van der Waals surface area (Å²) in [4.78, 5) is 92.3. The van der Waals surface area contributed by atoms with Gasteiger partial charge in [0.05, 0.1) is 0 Å². The maximum atomic E-state index is 11.6. The van der Waals surface area contributed by atoms with Gasteiger partial charge in [-0.05, 0) is 199 Å². The molecule has 1 fully saturated rings. The van der Waals surface area contributed by atoms with Crippen LogP contribution in [0.5, 0.6) is 0 Å². The molecular weight excluding hydrogens is 1920 g/mol. The van der Waals surface area contributed by atoms with E-state index in [1.807, 2.05) is 446 Å². The van der Waals surface area contributed by atoms with Crippen molar-refractivity contribution >= 4 is 36.2 Å². The quantitative estimate of drug-likeness (QED) is 0.0909. The number of likely N-dealkylation sites (tertiary alicyclic amines) is 1. The van der Waals surface area contributed by atoms with Crippen molar-refractivity contribution in [1.82, 2.24) is 44.4 Å². The first-order valence-corrected chi connectivity index (χ1v) is 50.9. The summed E-state index contributed by atoms with van der Waals surface area (Å²) >= 11 is 0. The largest absolute Gasteiger partial charge is 0.497 e. The van der Waals surface area contributed by atoms with Crippen LogP contribution in [0.4, 0.5) is 24.0 Å². The first-order chi connectivity index (χ1) is 62.5. The molecule has 5 aliphatic rings. The number of nitrogens with zero attached hydrogens (tertiary/aromatic N) is 9. The van der Waals surface area contributed by atoms with Crippen LogP contribution in [0.25, 0.3) is 0 Å². The smallest absolute Gasteiger partial charge is 0.410 e. The van der Waals surface area contributed by atoms with Crippen LogP contribution in [-0.4, -0.2) is 174 Å². The van der Waals surface area contributed by atoms with Crippen LogP contribution >= 0.6 is 0 Å². The van der Waals surface area contributed by atoms with Crippen molar-refractivity contribution in [3.8, 4) is 0 Å². The molecule has 5 amide bonds. The molecule has 0 N–H and O–H groups in total. The van der Waals surface area contributed by atoms with E-state index in [-0.39, 0.29) is 97.5 Å². The Morgan fingerprint density at radius 3 is 0.537 bits per heavy atom. The molecule has 1 saturated heterocycles. The van der Waals surface area contributed by atoms with Crippen LogP contribution in [0.15, 0.2) is 163 Å². The third-order valence-corrected chi connectivity index (χ3v) is 12.1. The van der Waals surface area contributed by atoms with Gasteiger partial charge in [-0.1, -0.05) is 322 Å². The number of amides is 5. The van der Waals surface area contributed by atoms with Gasteiger partial charge in [0.15, 0.2) is 0 Å². The summed E-state index contributed by atoms with van der Waals surface area (Å²) < 4.78 is 26.2. The van der Waals surface area contributed by atoms with Gasteiger partial charge in [-0.3, -0.25) is 30.8 Å². The van der Waals surface area contributed by atoms with E-state index in [9.17, 15) is 28.8 Å². The molecule has 0 saturated carbocycles. The fraction of sp³-hybridized carbons (Fsp3) is 0.688. The van der Waals surface area contributed by atoms with E-state index < -0.39 is 28.0 Å². The molecule has 20 nitrogen and oxygen atoms in total. The van der Waals surface area contributed by atoms with Gasteiger partial charge in [0, 0.05) is 175 Å². The summed E-state index contributed by atoms with van der Waals surface area (Å²) in [6.07, 6.45) is 28.6. The average Bonchev–Trinajstić information content (AvgIpc) is 0.897. The van der Waals surface area contributed by atoms with Crippen LogP contribution in [0, 0.1) is 13.5 Å². The summed E-state index contributed by atoms with van der Waals surface area (Å²) in [7, 11) is 0.